The molecule has 1 aliphatic heterocycles. The molecule has 6 heteroatoms. The van der Waals surface area contributed by atoms with E-state index in [1.54, 1.807) is 24.1 Å². The van der Waals surface area contributed by atoms with Crippen LogP contribution in [0.4, 0.5) is 0 Å². The molecule has 1 aliphatic rings. The second kappa shape index (κ2) is 7.70. The fourth-order valence-electron chi connectivity index (χ4n) is 2.46. The molecule has 0 saturated carbocycles. The maximum Gasteiger partial charge on any atom is 0.254 e. The van der Waals surface area contributed by atoms with Crippen molar-refractivity contribution < 1.29 is 14.3 Å². The Hall–Kier alpha value is -1.46. The van der Waals surface area contributed by atoms with Gasteiger partial charge in [-0.15, -0.1) is 0 Å². The summed E-state index contributed by atoms with van der Waals surface area (Å²) in [6, 6.07) is 3.37. The summed E-state index contributed by atoms with van der Waals surface area (Å²) < 4.78 is 11.0. The smallest absolute Gasteiger partial charge is 0.254 e. The minimum absolute atomic E-state index is 0.0537. The fraction of sp³-hybridized carbons (Fsp3) is 0.562. The molecule has 1 atom stereocenters. The minimum atomic E-state index is -0.0757. The van der Waals surface area contributed by atoms with Gasteiger partial charge in [0.25, 0.3) is 5.91 Å². The number of benzene rings is 1. The van der Waals surface area contributed by atoms with Crippen molar-refractivity contribution in [2.75, 3.05) is 26.8 Å². The number of hydrogen-bond donors (Lipinski definition) is 1. The molecule has 22 heavy (non-hydrogen) atoms. The third-order valence-corrected chi connectivity index (χ3v) is 4.01. The van der Waals surface area contributed by atoms with Gasteiger partial charge in [-0.25, -0.2) is 0 Å². The lowest BCUT2D eigenvalue weighted by atomic mass is 10.1. The minimum Gasteiger partial charge on any atom is -0.493 e. The Morgan fingerprint density at radius 1 is 1.50 bits per heavy atom. The van der Waals surface area contributed by atoms with E-state index in [9.17, 15) is 4.79 Å². The molecular weight excluding hydrogens is 304 g/mol. The Bertz CT molecular complexity index is 536. The molecular formula is C16H23ClN2O3. The van der Waals surface area contributed by atoms with Crippen LogP contribution in [0.2, 0.25) is 5.02 Å². The number of likely N-dealkylation sites (tertiary alicyclic amines) is 1. The number of amides is 1. The number of halogens is 1. The Balaban J connectivity index is 2.19. The first kappa shape index (κ1) is 16.9. The lowest BCUT2D eigenvalue weighted by molar-refractivity contribution is 0.0790. The van der Waals surface area contributed by atoms with Crippen LogP contribution in [0, 0.1) is 0 Å². The summed E-state index contributed by atoms with van der Waals surface area (Å²) in [5.74, 6) is 0.899. The van der Waals surface area contributed by atoms with Gasteiger partial charge in [0.2, 0.25) is 0 Å². The molecule has 5 nitrogen and oxygen atoms in total. The summed E-state index contributed by atoms with van der Waals surface area (Å²) in [5.41, 5.74) is 6.35. The Morgan fingerprint density at radius 2 is 2.27 bits per heavy atom. The first-order valence-electron chi connectivity index (χ1n) is 7.62. The average molecular weight is 327 g/mol. The van der Waals surface area contributed by atoms with Crippen LogP contribution in [0.1, 0.15) is 36.5 Å². The molecule has 1 heterocycles. The number of ether oxygens (including phenoxy) is 2. The van der Waals surface area contributed by atoms with Crippen molar-refractivity contribution in [3.05, 3.63) is 22.7 Å². The van der Waals surface area contributed by atoms with E-state index in [-0.39, 0.29) is 11.9 Å². The monoisotopic (exact) mass is 326 g/mol. The largest absolute Gasteiger partial charge is 0.493 e. The number of hydrogen-bond acceptors (Lipinski definition) is 4. The summed E-state index contributed by atoms with van der Waals surface area (Å²) in [4.78, 5) is 14.2. The summed E-state index contributed by atoms with van der Waals surface area (Å²) >= 11 is 6.27. The topological polar surface area (TPSA) is 64.8 Å². The molecule has 0 radical (unpaired) electrons. The molecule has 122 valence electrons. The third-order valence-electron chi connectivity index (χ3n) is 3.73. The molecule has 0 bridgehead atoms. The van der Waals surface area contributed by atoms with E-state index in [4.69, 9.17) is 26.8 Å². The quantitative estimate of drug-likeness (QED) is 0.816. The molecule has 0 aromatic heterocycles. The van der Waals surface area contributed by atoms with Crippen LogP contribution in [0.15, 0.2) is 12.1 Å². The molecule has 0 spiro atoms. The third kappa shape index (κ3) is 3.84. The zero-order chi connectivity index (χ0) is 16.1. The lowest BCUT2D eigenvalue weighted by Crippen LogP contribution is -2.31. The molecule has 0 unspecified atom stereocenters. The average Bonchev–Trinajstić information content (AvgIpc) is 2.94. The first-order chi connectivity index (χ1) is 10.6. The van der Waals surface area contributed by atoms with Gasteiger partial charge in [0.05, 0.1) is 18.7 Å². The van der Waals surface area contributed by atoms with Crippen LogP contribution in [0.3, 0.4) is 0 Å². The van der Waals surface area contributed by atoms with Crippen molar-refractivity contribution in [2.24, 2.45) is 5.73 Å². The fourth-order valence-corrected chi connectivity index (χ4v) is 2.72. The van der Waals surface area contributed by atoms with E-state index in [1.165, 1.54) is 0 Å². The van der Waals surface area contributed by atoms with Gasteiger partial charge in [-0.1, -0.05) is 24.9 Å². The first-order valence-corrected chi connectivity index (χ1v) is 7.99. The van der Waals surface area contributed by atoms with Crippen molar-refractivity contribution in [3.8, 4) is 11.5 Å². The molecule has 1 aromatic carbocycles. The number of nitrogens with two attached hydrogens (primary N) is 1. The number of methoxy groups -OCH3 is 1. The second-order valence-electron chi connectivity index (χ2n) is 5.49. The predicted octanol–water partition coefficient (Wildman–Crippen LogP) is 2.70. The molecule has 0 aliphatic carbocycles. The van der Waals surface area contributed by atoms with Gasteiger partial charge in [0.15, 0.2) is 11.5 Å². The van der Waals surface area contributed by atoms with Gasteiger partial charge < -0.3 is 20.1 Å². The van der Waals surface area contributed by atoms with Gasteiger partial charge in [0, 0.05) is 24.7 Å². The number of carbonyl (C=O) groups is 1. The zero-order valence-corrected chi connectivity index (χ0v) is 13.9. The SMILES string of the molecule is CCCCOc1c(Cl)cc(C(=O)N2CC[C@@H](N)C2)cc1OC. The standard InChI is InChI=1S/C16H23ClN2O3/c1-3-4-7-22-15-13(17)8-11(9-14(15)21-2)16(20)19-6-5-12(18)10-19/h8-9,12H,3-7,10,18H2,1-2H3/t12-/m1/s1. The molecule has 2 N–H and O–H groups in total. The summed E-state index contributed by atoms with van der Waals surface area (Å²) in [5, 5.41) is 0.391. The van der Waals surface area contributed by atoms with E-state index in [0.29, 0.717) is 41.8 Å². The molecule has 1 saturated heterocycles. The van der Waals surface area contributed by atoms with Gasteiger partial charge in [-0.3, -0.25) is 4.79 Å². The Morgan fingerprint density at radius 3 is 2.86 bits per heavy atom. The highest BCUT2D eigenvalue weighted by atomic mass is 35.5. The van der Waals surface area contributed by atoms with Crippen LogP contribution in [0.25, 0.3) is 0 Å². The number of nitrogens with zero attached hydrogens (tertiary/aromatic N) is 1. The number of unbranched alkanes of at least 4 members (excludes halogenated alkanes) is 1. The zero-order valence-electron chi connectivity index (χ0n) is 13.1. The van der Waals surface area contributed by atoms with Crippen molar-refractivity contribution in [3.63, 3.8) is 0 Å². The van der Waals surface area contributed by atoms with E-state index in [1.807, 2.05) is 0 Å². The number of rotatable bonds is 6. The maximum absolute atomic E-state index is 12.5. The van der Waals surface area contributed by atoms with E-state index in [0.717, 1.165) is 19.3 Å². The highest BCUT2D eigenvalue weighted by molar-refractivity contribution is 6.32. The van der Waals surface area contributed by atoms with Crippen LogP contribution in [0.5, 0.6) is 11.5 Å². The van der Waals surface area contributed by atoms with Gasteiger partial charge in [-0.2, -0.15) is 0 Å². The lowest BCUT2D eigenvalue weighted by Gasteiger charge is -2.18. The van der Waals surface area contributed by atoms with Gasteiger partial charge >= 0.3 is 0 Å². The Kier molecular flexibility index (Phi) is 5.91. The van der Waals surface area contributed by atoms with Crippen LogP contribution < -0.4 is 15.2 Å². The molecule has 1 aromatic rings. The number of carbonyl (C=O) groups excluding carboxylic acids is 1. The van der Waals surface area contributed by atoms with E-state index < -0.39 is 0 Å². The van der Waals surface area contributed by atoms with E-state index >= 15 is 0 Å². The van der Waals surface area contributed by atoms with Crippen LogP contribution in [-0.4, -0.2) is 43.7 Å². The van der Waals surface area contributed by atoms with Crippen molar-refractivity contribution in [1.82, 2.24) is 4.90 Å². The van der Waals surface area contributed by atoms with Crippen molar-refractivity contribution >= 4 is 17.5 Å². The second-order valence-corrected chi connectivity index (χ2v) is 5.90. The highest BCUT2D eigenvalue weighted by Crippen LogP contribution is 2.37. The van der Waals surface area contributed by atoms with Gasteiger partial charge in [-0.05, 0) is 25.0 Å². The molecule has 2 rings (SSSR count). The maximum atomic E-state index is 12.5. The summed E-state index contributed by atoms with van der Waals surface area (Å²) in [6.45, 7) is 3.91. The molecule has 1 amide bonds. The van der Waals surface area contributed by atoms with Crippen molar-refractivity contribution in [2.45, 2.75) is 32.2 Å². The summed E-state index contributed by atoms with van der Waals surface area (Å²) in [6.07, 6.45) is 2.80. The highest BCUT2D eigenvalue weighted by Gasteiger charge is 2.26. The normalized spacial score (nSPS) is 17.6. The van der Waals surface area contributed by atoms with Crippen LogP contribution in [-0.2, 0) is 0 Å². The van der Waals surface area contributed by atoms with E-state index in [2.05, 4.69) is 6.92 Å². The summed E-state index contributed by atoms with van der Waals surface area (Å²) in [7, 11) is 1.54. The van der Waals surface area contributed by atoms with Gasteiger partial charge in [0.1, 0.15) is 0 Å². The van der Waals surface area contributed by atoms with Crippen molar-refractivity contribution in [1.29, 1.82) is 0 Å². The predicted molar refractivity (Wildman–Crippen MR) is 86.9 cm³/mol. The Labute approximate surface area is 136 Å². The molecule has 1 fully saturated rings. The van der Waals surface area contributed by atoms with Crippen LogP contribution >= 0.6 is 11.6 Å².